The van der Waals surface area contributed by atoms with Crippen LogP contribution in [0.5, 0.6) is 0 Å². The zero-order valence-corrected chi connectivity index (χ0v) is 18.8. The van der Waals surface area contributed by atoms with E-state index in [1.807, 2.05) is 17.2 Å². The van der Waals surface area contributed by atoms with Crippen LogP contribution in [0.4, 0.5) is 11.6 Å². The number of nitrogens with one attached hydrogen (secondary N) is 1. The standard InChI is InChI=1S/C22H23N5O2S2/c1-14-9-15(11-16(10-14)25-21-23-5-3-18(26-21)30-8-7-28)17-13-24-20(31-17)22-4-2-6-27(22)19(29)12-22/h3,5,9-11,13,28H,2,4,6-8,12H2,1H3,(H,23,25,26). The fraction of sp³-hybridized carbons (Fsp3) is 0.364. The van der Waals surface area contributed by atoms with Crippen molar-refractivity contribution in [2.75, 3.05) is 24.2 Å². The molecule has 1 atom stereocenters. The number of thioether (sulfide) groups is 1. The summed E-state index contributed by atoms with van der Waals surface area (Å²) in [5.41, 5.74) is 2.96. The molecule has 160 valence electrons. The predicted octanol–water partition coefficient (Wildman–Crippen LogP) is 3.96. The van der Waals surface area contributed by atoms with Gasteiger partial charge in [0, 0.05) is 30.4 Å². The van der Waals surface area contributed by atoms with E-state index in [0.29, 0.717) is 18.1 Å². The van der Waals surface area contributed by atoms with Crippen LogP contribution < -0.4 is 5.32 Å². The van der Waals surface area contributed by atoms with Gasteiger partial charge in [0.2, 0.25) is 11.9 Å². The molecule has 2 fully saturated rings. The fourth-order valence-corrected chi connectivity index (χ4v) is 6.10. The number of β-lactam (4-membered cyclic amide) rings is 1. The second-order valence-corrected chi connectivity index (χ2v) is 10.0. The molecule has 1 aromatic carbocycles. The number of benzene rings is 1. The molecule has 31 heavy (non-hydrogen) atoms. The van der Waals surface area contributed by atoms with E-state index in [0.717, 1.165) is 51.1 Å². The zero-order chi connectivity index (χ0) is 21.4. The maximum atomic E-state index is 12.0. The van der Waals surface area contributed by atoms with Crippen LogP contribution in [-0.4, -0.2) is 49.8 Å². The van der Waals surface area contributed by atoms with Crippen molar-refractivity contribution in [3.63, 3.8) is 0 Å². The summed E-state index contributed by atoms with van der Waals surface area (Å²) in [6, 6.07) is 8.12. The highest BCUT2D eigenvalue weighted by molar-refractivity contribution is 7.99. The third-order valence-electron chi connectivity index (χ3n) is 5.73. The maximum absolute atomic E-state index is 12.0. The number of fused-ring (bicyclic) bond motifs is 1. The molecule has 2 aromatic heterocycles. The van der Waals surface area contributed by atoms with Crippen LogP contribution in [0.15, 0.2) is 41.7 Å². The van der Waals surface area contributed by atoms with Crippen LogP contribution in [-0.2, 0) is 10.3 Å². The summed E-state index contributed by atoms with van der Waals surface area (Å²) in [5.74, 6) is 1.37. The quantitative estimate of drug-likeness (QED) is 0.318. The van der Waals surface area contributed by atoms with Crippen molar-refractivity contribution in [2.45, 2.75) is 36.8 Å². The molecule has 5 rings (SSSR count). The number of aryl methyl sites for hydroxylation is 1. The van der Waals surface area contributed by atoms with Gasteiger partial charge in [-0.05, 0) is 49.1 Å². The molecule has 2 aliphatic rings. The molecule has 1 unspecified atom stereocenters. The monoisotopic (exact) mass is 453 g/mol. The molecule has 0 saturated carbocycles. The Balaban J connectivity index is 1.39. The summed E-state index contributed by atoms with van der Waals surface area (Å²) >= 11 is 3.18. The van der Waals surface area contributed by atoms with E-state index >= 15 is 0 Å². The number of thiazole rings is 1. The highest BCUT2D eigenvalue weighted by Gasteiger charge is 2.56. The number of rotatable bonds is 7. The average molecular weight is 454 g/mol. The summed E-state index contributed by atoms with van der Waals surface area (Å²) in [6.07, 6.45) is 6.29. The molecule has 9 heteroatoms. The fourth-order valence-electron chi connectivity index (χ4n) is 4.36. The van der Waals surface area contributed by atoms with Gasteiger partial charge < -0.3 is 15.3 Å². The Hall–Kier alpha value is -2.49. The third kappa shape index (κ3) is 3.81. The van der Waals surface area contributed by atoms with Gasteiger partial charge in [-0.1, -0.05) is 6.07 Å². The van der Waals surface area contributed by atoms with Crippen LogP contribution >= 0.6 is 23.1 Å². The number of aromatic nitrogens is 3. The van der Waals surface area contributed by atoms with Crippen molar-refractivity contribution in [1.82, 2.24) is 19.9 Å². The number of hydrogen-bond acceptors (Lipinski definition) is 8. The van der Waals surface area contributed by atoms with Gasteiger partial charge in [-0.3, -0.25) is 4.79 Å². The Morgan fingerprint density at radius 2 is 2.23 bits per heavy atom. The summed E-state index contributed by atoms with van der Waals surface area (Å²) in [4.78, 5) is 28.6. The van der Waals surface area contributed by atoms with Gasteiger partial charge in [0.1, 0.15) is 15.6 Å². The lowest BCUT2D eigenvalue weighted by Gasteiger charge is -2.45. The van der Waals surface area contributed by atoms with Gasteiger partial charge in [0.25, 0.3) is 0 Å². The van der Waals surface area contributed by atoms with Crippen LogP contribution in [0.3, 0.4) is 0 Å². The van der Waals surface area contributed by atoms with Crippen molar-refractivity contribution in [3.05, 3.63) is 47.2 Å². The Morgan fingerprint density at radius 1 is 1.32 bits per heavy atom. The zero-order valence-electron chi connectivity index (χ0n) is 17.2. The number of aliphatic hydroxyl groups excluding tert-OH is 1. The molecular weight excluding hydrogens is 430 g/mol. The second-order valence-electron chi connectivity index (χ2n) is 7.89. The van der Waals surface area contributed by atoms with Crippen LogP contribution in [0.1, 0.15) is 29.8 Å². The normalized spacial score (nSPS) is 19.9. The molecule has 0 radical (unpaired) electrons. The average Bonchev–Trinajstić information content (AvgIpc) is 3.37. The van der Waals surface area contributed by atoms with E-state index in [4.69, 9.17) is 10.1 Å². The van der Waals surface area contributed by atoms with Gasteiger partial charge in [-0.15, -0.1) is 23.1 Å². The summed E-state index contributed by atoms with van der Waals surface area (Å²) in [5, 5.41) is 14.2. The highest BCUT2D eigenvalue weighted by Crippen LogP contribution is 2.51. The van der Waals surface area contributed by atoms with E-state index in [1.54, 1.807) is 17.5 Å². The summed E-state index contributed by atoms with van der Waals surface area (Å²) in [7, 11) is 0. The van der Waals surface area contributed by atoms with E-state index in [2.05, 4.69) is 40.4 Å². The first-order valence-corrected chi connectivity index (χ1v) is 12.1. The van der Waals surface area contributed by atoms with Crippen molar-refractivity contribution >= 4 is 40.6 Å². The number of carbonyl (C=O) groups is 1. The van der Waals surface area contributed by atoms with E-state index in [1.165, 1.54) is 11.8 Å². The van der Waals surface area contributed by atoms with Crippen LogP contribution in [0.25, 0.3) is 10.4 Å². The van der Waals surface area contributed by atoms with Gasteiger partial charge in [-0.25, -0.2) is 15.0 Å². The second kappa shape index (κ2) is 8.22. The number of aliphatic hydroxyl groups is 1. The highest BCUT2D eigenvalue weighted by atomic mass is 32.2. The molecule has 0 spiro atoms. The van der Waals surface area contributed by atoms with Gasteiger partial charge in [-0.2, -0.15) is 0 Å². The maximum Gasteiger partial charge on any atom is 0.228 e. The lowest BCUT2D eigenvalue weighted by molar-refractivity contribution is -0.153. The Labute approximate surface area is 189 Å². The molecule has 2 N–H and O–H groups in total. The van der Waals surface area contributed by atoms with Crippen LogP contribution in [0.2, 0.25) is 0 Å². The number of hydrogen-bond donors (Lipinski definition) is 2. The van der Waals surface area contributed by atoms with Gasteiger partial charge in [0.05, 0.1) is 17.9 Å². The van der Waals surface area contributed by atoms with Gasteiger partial charge in [0.15, 0.2) is 0 Å². The minimum Gasteiger partial charge on any atom is -0.396 e. The first-order valence-electron chi connectivity index (χ1n) is 10.3. The minimum atomic E-state index is -0.161. The Kier molecular flexibility index (Phi) is 5.41. The lowest BCUT2D eigenvalue weighted by Crippen LogP contribution is -2.57. The molecule has 4 heterocycles. The van der Waals surface area contributed by atoms with E-state index in [-0.39, 0.29) is 18.1 Å². The first-order chi connectivity index (χ1) is 15.1. The first kappa shape index (κ1) is 20.4. The number of nitrogens with zero attached hydrogens (tertiary/aromatic N) is 4. The Morgan fingerprint density at radius 3 is 3.06 bits per heavy atom. The van der Waals surface area contributed by atoms with Crippen molar-refractivity contribution < 1.29 is 9.90 Å². The third-order valence-corrected chi connectivity index (χ3v) is 7.88. The molecule has 7 nitrogen and oxygen atoms in total. The molecule has 0 aliphatic carbocycles. The van der Waals surface area contributed by atoms with Crippen LogP contribution in [0, 0.1) is 6.92 Å². The minimum absolute atomic E-state index is 0.114. The largest absolute Gasteiger partial charge is 0.396 e. The SMILES string of the molecule is Cc1cc(Nc2nccc(SCCO)n2)cc(-c2cnc(C34CCCN3C(=O)C4)s2)c1. The molecule has 2 aliphatic heterocycles. The van der Waals surface area contributed by atoms with E-state index in [9.17, 15) is 4.79 Å². The van der Waals surface area contributed by atoms with Crippen molar-refractivity contribution in [3.8, 4) is 10.4 Å². The van der Waals surface area contributed by atoms with E-state index < -0.39 is 0 Å². The molecule has 0 bridgehead atoms. The molecule has 3 aromatic rings. The number of anilines is 2. The lowest BCUT2D eigenvalue weighted by atomic mass is 9.85. The molecule has 1 amide bonds. The predicted molar refractivity (Wildman–Crippen MR) is 123 cm³/mol. The van der Waals surface area contributed by atoms with Crippen molar-refractivity contribution in [1.29, 1.82) is 0 Å². The summed E-state index contributed by atoms with van der Waals surface area (Å²) < 4.78 is 0. The number of carbonyl (C=O) groups excluding carboxylic acids is 1. The molecule has 2 saturated heterocycles. The van der Waals surface area contributed by atoms with Gasteiger partial charge >= 0.3 is 0 Å². The topological polar surface area (TPSA) is 91.2 Å². The summed E-state index contributed by atoms with van der Waals surface area (Å²) in [6.45, 7) is 3.03. The molecular formula is C22H23N5O2S2. The van der Waals surface area contributed by atoms with Crippen molar-refractivity contribution in [2.24, 2.45) is 0 Å². The Bertz CT molecular complexity index is 1130. The number of amides is 1. The smallest absolute Gasteiger partial charge is 0.228 e.